The van der Waals surface area contributed by atoms with Gasteiger partial charge in [-0.05, 0) is 67.5 Å². The zero-order chi connectivity index (χ0) is 22.3. The molecule has 0 radical (unpaired) electrons. The van der Waals surface area contributed by atoms with Crippen molar-refractivity contribution < 1.29 is 13.2 Å². The van der Waals surface area contributed by atoms with Crippen LogP contribution >= 0.6 is 11.8 Å². The number of nitrogens with zero attached hydrogens (tertiary/aromatic N) is 2. The number of fused-ring (bicyclic) bond motifs is 1. The number of amides is 1. The van der Waals surface area contributed by atoms with Crippen LogP contribution in [0.1, 0.15) is 33.4 Å². The third-order valence-corrected chi connectivity index (χ3v) is 9.21. The summed E-state index contributed by atoms with van der Waals surface area (Å²) >= 11 is 1.48. The van der Waals surface area contributed by atoms with E-state index in [4.69, 9.17) is 0 Å². The molecule has 2 aromatic rings. The van der Waals surface area contributed by atoms with Gasteiger partial charge in [-0.2, -0.15) is 4.31 Å². The average molecular weight is 458 g/mol. The first-order chi connectivity index (χ1) is 14.7. The SMILES string of the molecule is Cc1cc(C)c(C)c(S(=O)(=O)N2Cc3ccccc3CC2C(=O)NC2=NCCS2)c1C. The minimum absolute atomic E-state index is 0.169. The molecule has 31 heavy (non-hydrogen) atoms. The lowest BCUT2D eigenvalue weighted by Gasteiger charge is -2.36. The zero-order valence-corrected chi connectivity index (χ0v) is 19.9. The summed E-state index contributed by atoms with van der Waals surface area (Å²) in [5, 5.41) is 3.42. The Morgan fingerprint density at radius 3 is 2.35 bits per heavy atom. The quantitative estimate of drug-likeness (QED) is 0.767. The topological polar surface area (TPSA) is 78.8 Å². The van der Waals surface area contributed by atoms with Crippen molar-refractivity contribution in [2.75, 3.05) is 12.3 Å². The van der Waals surface area contributed by atoms with Gasteiger partial charge in [-0.1, -0.05) is 42.1 Å². The van der Waals surface area contributed by atoms with Gasteiger partial charge in [0.1, 0.15) is 6.04 Å². The maximum atomic E-state index is 14.0. The van der Waals surface area contributed by atoms with Gasteiger partial charge >= 0.3 is 0 Å². The van der Waals surface area contributed by atoms with Crippen molar-refractivity contribution >= 4 is 32.9 Å². The second-order valence-electron chi connectivity index (χ2n) is 8.15. The second kappa shape index (κ2) is 8.41. The van der Waals surface area contributed by atoms with E-state index in [1.807, 2.05) is 58.0 Å². The van der Waals surface area contributed by atoms with Crippen molar-refractivity contribution in [1.82, 2.24) is 9.62 Å². The van der Waals surface area contributed by atoms with Crippen LogP contribution in [0, 0.1) is 27.7 Å². The number of sulfonamides is 1. The normalized spacial score (nSPS) is 19.1. The average Bonchev–Trinajstić information content (AvgIpc) is 3.24. The molecule has 1 unspecified atom stereocenters. The van der Waals surface area contributed by atoms with Crippen LogP contribution < -0.4 is 5.32 Å². The molecule has 2 aromatic carbocycles. The van der Waals surface area contributed by atoms with E-state index in [-0.39, 0.29) is 12.5 Å². The van der Waals surface area contributed by atoms with Gasteiger partial charge in [0.05, 0.1) is 11.4 Å². The van der Waals surface area contributed by atoms with Gasteiger partial charge < -0.3 is 5.32 Å². The smallest absolute Gasteiger partial charge is 0.244 e. The minimum atomic E-state index is -3.91. The van der Waals surface area contributed by atoms with Crippen LogP contribution in [0.3, 0.4) is 0 Å². The number of carbonyl (C=O) groups excluding carboxylic acids is 1. The van der Waals surface area contributed by atoms with E-state index in [1.165, 1.54) is 16.1 Å². The molecule has 1 N–H and O–H groups in total. The van der Waals surface area contributed by atoms with Crippen molar-refractivity contribution in [2.45, 2.75) is 51.6 Å². The van der Waals surface area contributed by atoms with Crippen molar-refractivity contribution in [3.8, 4) is 0 Å². The first-order valence-electron chi connectivity index (χ1n) is 10.3. The molecule has 1 atom stereocenters. The monoisotopic (exact) mass is 457 g/mol. The number of aryl methyl sites for hydroxylation is 2. The molecular weight excluding hydrogens is 430 g/mol. The molecule has 0 fully saturated rings. The number of thioether (sulfide) groups is 1. The Hall–Kier alpha value is -2.16. The Kier molecular flexibility index (Phi) is 5.98. The number of hydrogen-bond acceptors (Lipinski definition) is 5. The minimum Gasteiger partial charge on any atom is -0.304 e. The second-order valence-corrected chi connectivity index (χ2v) is 11.1. The summed E-state index contributed by atoms with van der Waals surface area (Å²) in [6.07, 6.45) is 0.335. The van der Waals surface area contributed by atoms with E-state index in [9.17, 15) is 13.2 Å². The van der Waals surface area contributed by atoms with Crippen LogP contribution in [0.5, 0.6) is 0 Å². The molecule has 6 nitrogen and oxygen atoms in total. The molecule has 2 aliphatic rings. The Bertz CT molecular complexity index is 1160. The van der Waals surface area contributed by atoms with Crippen molar-refractivity contribution in [2.24, 2.45) is 4.99 Å². The summed E-state index contributed by atoms with van der Waals surface area (Å²) in [5.74, 6) is 0.498. The summed E-state index contributed by atoms with van der Waals surface area (Å²) in [6, 6.07) is 8.91. The van der Waals surface area contributed by atoms with Gasteiger partial charge in [-0.3, -0.25) is 9.79 Å². The summed E-state index contributed by atoms with van der Waals surface area (Å²) in [5.41, 5.74) is 5.26. The first-order valence-corrected chi connectivity index (χ1v) is 12.8. The van der Waals surface area contributed by atoms with Gasteiger partial charge in [0, 0.05) is 12.3 Å². The van der Waals surface area contributed by atoms with Crippen LogP contribution in [0.25, 0.3) is 0 Å². The molecule has 0 spiro atoms. The highest BCUT2D eigenvalue weighted by Crippen LogP contribution is 2.34. The van der Waals surface area contributed by atoms with Crippen molar-refractivity contribution in [1.29, 1.82) is 0 Å². The molecule has 0 saturated carbocycles. The van der Waals surface area contributed by atoms with Crippen LogP contribution in [-0.4, -0.2) is 42.1 Å². The number of benzene rings is 2. The van der Waals surface area contributed by atoms with Crippen LogP contribution in [0.2, 0.25) is 0 Å². The standard InChI is InChI=1S/C23H27N3O3S2/c1-14-11-15(2)17(4)21(16(14)3)31(28,29)26-13-19-8-6-5-7-18(19)12-20(26)22(27)25-23-24-9-10-30-23/h5-8,11,20H,9-10,12-13H2,1-4H3,(H,24,25,27). The molecule has 0 aliphatic carbocycles. The predicted octanol–water partition coefficient (Wildman–Crippen LogP) is 3.25. The summed E-state index contributed by atoms with van der Waals surface area (Å²) in [4.78, 5) is 17.9. The van der Waals surface area contributed by atoms with Crippen LogP contribution in [-0.2, 0) is 27.8 Å². The molecule has 4 rings (SSSR count). The summed E-state index contributed by atoms with van der Waals surface area (Å²) in [7, 11) is -3.91. The largest absolute Gasteiger partial charge is 0.304 e. The highest BCUT2D eigenvalue weighted by molar-refractivity contribution is 8.14. The fourth-order valence-corrected chi connectivity index (χ4v) is 7.14. The van der Waals surface area contributed by atoms with Crippen molar-refractivity contribution in [3.05, 3.63) is 63.7 Å². The molecule has 1 amide bonds. The highest BCUT2D eigenvalue weighted by Gasteiger charge is 2.41. The number of nitrogens with one attached hydrogen (secondary N) is 1. The van der Waals surface area contributed by atoms with Gasteiger partial charge in [0.2, 0.25) is 15.9 Å². The van der Waals surface area contributed by atoms with E-state index >= 15 is 0 Å². The summed E-state index contributed by atoms with van der Waals surface area (Å²) < 4.78 is 29.4. The van der Waals surface area contributed by atoms with Crippen molar-refractivity contribution in [3.63, 3.8) is 0 Å². The molecule has 2 aliphatic heterocycles. The van der Waals surface area contributed by atoms with E-state index < -0.39 is 16.1 Å². The fraction of sp³-hybridized carbons (Fsp3) is 0.391. The van der Waals surface area contributed by atoms with E-state index in [1.54, 1.807) is 0 Å². The maximum absolute atomic E-state index is 14.0. The third-order valence-electron chi connectivity index (χ3n) is 6.19. The number of rotatable bonds is 3. The number of carbonyl (C=O) groups is 1. The highest BCUT2D eigenvalue weighted by atomic mass is 32.2. The molecule has 0 saturated heterocycles. The number of amidine groups is 1. The summed E-state index contributed by atoms with van der Waals surface area (Å²) in [6.45, 7) is 8.35. The first kappa shape index (κ1) is 22.0. The number of aliphatic imine (C=N–C) groups is 1. The Labute approximate surface area is 188 Å². The zero-order valence-electron chi connectivity index (χ0n) is 18.2. The molecular formula is C23H27N3O3S2. The fourth-order valence-electron chi connectivity index (χ4n) is 4.26. The molecule has 164 valence electrons. The Morgan fingerprint density at radius 2 is 1.74 bits per heavy atom. The molecule has 0 aromatic heterocycles. The van der Waals surface area contributed by atoms with Gasteiger partial charge in [-0.25, -0.2) is 8.42 Å². The number of hydrogen-bond donors (Lipinski definition) is 1. The predicted molar refractivity (Wildman–Crippen MR) is 125 cm³/mol. The lowest BCUT2D eigenvalue weighted by Crippen LogP contribution is -2.53. The third kappa shape index (κ3) is 4.04. The Morgan fingerprint density at radius 1 is 1.10 bits per heavy atom. The van der Waals surface area contributed by atoms with E-state index in [0.29, 0.717) is 23.0 Å². The van der Waals surface area contributed by atoms with Gasteiger partial charge in [0.25, 0.3) is 0 Å². The maximum Gasteiger partial charge on any atom is 0.244 e. The van der Waals surface area contributed by atoms with Gasteiger partial charge in [-0.15, -0.1) is 0 Å². The van der Waals surface area contributed by atoms with E-state index in [2.05, 4.69) is 10.3 Å². The van der Waals surface area contributed by atoms with Crippen LogP contribution in [0.15, 0.2) is 40.2 Å². The molecule has 2 heterocycles. The van der Waals surface area contributed by atoms with Gasteiger partial charge in [0.15, 0.2) is 5.17 Å². The molecule has 8 heteroatoms. The molecule has 0 bridgehead atoms. The lowest BCUT2D eigenvalue weighted by atomic mass is 9.95. The van der Waals surface area contributed by atoms with E-state index in [0.717, 1.165) is 39.1 Å². The van der Waals surface area contributed by atoms with Crippen LogP contribution in [0.4, 0.5) is 0 Å². The Balaban J connectivity index is 1.80. The lowest BCUT2D eigenvalue weighted by molar-refractivity contribution is -0.123.